The first kappa shape index (κ1) is 9.06. The van der Waals surface area contributed by atoms with Crippen LogP contribution in [-0.2, 0) is 11.2 Å². The fourth-order valence-corrected chi connectivity index (χ4v) is 1.36. The third-order valence-corrected chi connectivity index (χ3v) is 2.26. The van der Waals surface area contributed by atoms with Gasteiger partial charge in [0.05, 0.1) is 6.42 Å². The summed E-state index contributed by atoms with van der Waals surface area (Å²) in [6.45, 7) is 0. The summed E-state index contributed by atoms with van der Waals surface area (Å²) >= 11 is 0. The molecular formula is C11H13NO2. The molecule has 3 heteroatoms. The van der Waals surface area contributed by atoms with Crippen molar-refractivity contribution in [3.05, 3.63) is 29.8 Å². The van der Waals surface area contributed by atoms with Gasteiger partial charge in [-0.05, 0) is 30.5 Å². The van der Waals surface area contributed by atoms with Gasteiger partial charge in [0.25, 0.3) is 0 Å². The highest BCUT2D eigenvalue weighted by molar-refractivity contribution is 5.70. The van der Waals surface area contributed by atoms with Gasteiger partial charge in [0.1, 0.15) is 0 Å². The van der Waals surface area contributed by atoms with Crippen LogP contribution in [0.5, 0.6) is 0 Å². The smallest absolute Gasteiger partial charge is 0.307 e. The zero-order valence-electron chi connectivity index (χ0n) is 7.86. The van der Waals surface area contributed by atoms with Crippen molar-refractivity contribution in [3.63, 3.8) is 0 Å². The number of aliphatic carboxylic acids is 1. The minimum Gasteiger partial charge on any atom is -0.481 e. The van der Waals surface area contributed by atoms with Crippen molar-refractivity contribution in [2.45, 2.75) is 25.3 Å². The van der Waals surface area contributed by atoms with Gasteiger partial charge in [-0.25, -0.2) is 0 Å². The largest absolute Gasteiger partial charge is 0.481 e. The van der Waals surface area contributed by atoms with Crippen molar-refractivity contribution in [1.29, 1.82) is 0 Å². The van der Waals surface area contributed by atoms with Crippen LogP contribution in [0.2, 0.25) is 0 Å². The molecule has 3 nitrogen and oxygen atoms in total. The van der Waals surface area contributed by atoms with E-state index >= 15 is 0 Å². The van der Waals surface area contributed by atoms with Crippen LogP contribution in [0, 0.1) is 0 Å². The van der Waals surface area contributed by atoms with Gasteiger partial charge in [-0.15, -0.1) is 0 Å². The molecule has 1 aromatic carbocycles. The number of rotatable bonds is 4. The molecule has 1 saturated carbocycles. The van der Waals surface area contributed by atoms with Crippen LogP contribution in [-0.4, -0.2) is 17.1 Å². The third-order valence-electron chi connectivity index (χ3n) is 2.26. The molecule has 14 heavy (non-hydrogen) atoms. The maximum absolute atomic E-state index is 10.4. The lowest BCUT2D eigenvalue weighted by molar-refractivity contribution is -0.136. The van der Waals surface area contributed by atoms with E-state index in [-0.39, 0.29) is 6.42 Å². The fourth-order valence-electron chi connectivity index (χ4n) is 1.36. The summed E-state index contributed by atoms with van der Waals surface area (Å²) in [5.74, 6) is -0.784. The Morgan fingerprint density at radius 2 is 2.00 bits per heavy atom. The Hall–Kier alpha value is -1.51. The molecule has 2 rings (SSSR count). The van der Waals surface area contributed by atoms with Crippen LogP contribution in [0.4, 0.5) is 5.69 Å². The number of carboxylic acid groups (broad SMARTS) is 1. The number of benzene rings is 1. The van der Waals surface area contributed by atoms with E-state index in [9.17, 15) is 4.79 Å². The van der Waals surface area contributed by atoms with Crippen LogP contribution in [0.3, 0.4) is 0 Å². The highest BCUT2D eigenvalue weighted by Crippen LogP contribution is 2.24. The van der Waals surface area contributed by atoms with Gasteiger partial charge < -0.3 is 10.4 Å². The molecule has 0 radical (unpaired) electrons. The lowest BCUT2D eigenvalue weighted by Crippen LogP contribution is -2.02. The SMILES string of the molecule is O=C(O)Cc1ccc(NC2CC2)cc1. The number of nitrogens with one attached hydrogen (secondary N) is 1. The zero-order chi connectivity index (χ0) is 9.97. The first-order chi connectivity index (χ1) is 6.74. The number of carbonyl (C=O) groups is 1. The average Bonchev–Trinajstić information content (AvgIpc) is 2.91. The quantitative estimate of drug-likeness (QED) is 0.764. The molecular weight excluding hydrogens is 178 g/mol. The van der Waals surface area contributed by atoms with Gasteiger partial charge >= 0.3 is 5.97 Å². The predicted molar refractivity (Wildman–Crippen MR) is 54.4 cm³/mol. The summed E-state index contributed by atoms with van der Waals surface area (Å²) < 4.78 is 0. The van der Waals surface area contributed by atoms with Gasteiger partial charge in [-0.2, -0.15) is 0 Å². The summed E-state index contributed by atoms with van der Waals surface area (Å²) in [6.07, 6.45) is 2.59. The minimum atomic E-state index is -0.784. The van der Waals surface area contributed by atoms with Crippen LogP contribution in [0.15, 0.2) is 24.3 Å². The standard InChI is InChI=1S/C11H13NO2/c13-11(14)7-8-1-3-9(4-2-8)12-10-5-6-10/h1-4,10,12H,5-7H2,(H,13,14). The van der Waals surface area contributed by atoms with Crippen molar-refractivity contribution in [2.24, 2.45) is 0 Å². The first-order valence-electron chi connectivity index (χ1n) is 4.81. The molecule has 1 aliphatic carbocycles. The molecule has 1 aliphatic rings. The lowest BCUT2D eigenvalue weighted by atomic mass is 10.1. The number of anilines is 1. The van der Waals surface area contributed by atoms with E-state index in [1.54, 1.807) is 0 Å². The molecule has 0 aliphatic heterocycles. The summed E-state index contributed by atoms with van der Waals surface area (Å²) in [5.41, 5.74) is 1.93. The third kappa shape index (κ3) is 2.49. The molecule has 1 aromatic rings. The second-order valence-corrected chi connectivity index (χ2v) is 3.69. The number of hydrogen-bond donors (Lipinski definition) is 2. The molecule has 0 unspecified atom stereocenters. The van der Waals surface area contributed by atoms with Gasteiger partial charge in [0.15, 0.2) is 0 Å². The molecule has 0 atom stereocenters. The monoisotopic (exact) mass is 191 g/mol. The fraction of sp³-hybridized carbons (Fsp3) is 0.364. The minimum absolute atomic E-state index is 0.101. The molecule has 2 N–H and O–H groups in total. The van der Waals surface area contributed by atoms with E-state index in [0.717, 1.165) is 11.3 Å². The van der Waals surface area contributed by atoms with Gasteiger partial charge in [0, 0.05) is 11.7 Å². The second kappa shape index (κ2) is 3.70. The molecule has 0 heterocycles. The van der Waals surface area contributed by atoms with Gasteiger partial charge in [0.2, 0.25) is 0 Å². The second-order valence-electron chi connectivity index (χ2n) is 3.69. The normalized spacial score (nSPS) is 15.1. The Bertz CT molecular complexity index is 328. The highest BCUT2D eigenvalue weighted by Gasteiger charge is 2.20. The summed E-state index contributed by atoms with van der Waals surface area (Å²) in [6, 6.07) is 8.24. The van der Waals surface area contributed by atoms with Crippen LogP contribution in [0.1, 0.15) is 18.4 Å². The van der Waals surface area contributed by atoms with Crippen LogP contribution < -0.4 is 5.32 Å². The van der Waals surface area contributed by atoms with Crippen molar-refractivity contribution in [2.75, 3.05) is 5.32 Å². The van der Waals surface area contributed by atoms with Crippen molar-refractivity contribution in [1.82, 2.24) is 0 Å². The number of hydrogen-bond acceptors (Lipinski definition) is 2. The summed E-state index contributed by atoms with van der Waals surface area (Å²) in [5, 5.41) is 11.9. The Labute approximate surface area is 82.8 Å². The summed E-state index contributed by atoms with van der Waals surface area (Å²) in [7, 11) is 0. The van der Waals surface area contributed by atoms with Crippen LogP contribution in [0.25, 0.3) is 0 Å². The topological polar surface area (TPSA) is 49.3 Å². The molecule has 1 fully saturated rings. The molecule has 0 aromatic heterocycles. The maximum Gasteiger partial charge on any atom is 0.307 e. The predicted octanol–water partition coefficient (Wildman–Crippen LogP) is 1.89. The van der Waals surface area contributed by atoms with Gasteiger partial charge in [-0.3, -0.25) is 4.79 Å². The van der Waals surface area contributed by atoms with Crippen molar-refractivity contribution >= 4 is 11.7 Å². The van der Waals surface area contributed by atoms with E-state index in [0.29, 0.717) is 6.04 Å². The van der Waals surface area contributed by atoms with Crippen molar-refractivity contribution in [3.8, 4) is 0 Å². The maximum atomic E-state index is 10.4. The van der Waals surface area contributed by atoms with Gasteiger partial charge in [-0.1, -0.05) is 12.1 Å². The lowest BCUT2D eigenvalue weighted by Gasteiger charge is -2.04. The zero-order valence-corrected chi connectivity index (χ0v) is 7.86. The van der Waals surface area contributed by atoms with E-state index < -0.39 is 5.97 Å². The van der Waals surface area contributed by atoms with E-state index in [2.05, 4.69) is 5.32 Å². The molecule has 0 bridgehead atoms. The van der Waals surface area contributed by atoms with Crippen LogP contribution >= 0.6 is 0 Å². The van der Waals surface area contributed by atoms with E-state index in [1.807, 2.05) is 24.3 Å². The molecule has 74 valence electrons. The number of carboxylic acids is 1. The molecule has 0 amide bonds. The van der Waals surface area contributed by atoms with E-state index in [4.69, 9.17) is 5.11 Å². The van der Waals surface area contributed by atoms with E-state index in [1.165, 1.54) is 12.8 Å². The molecule has 0 saturated heterocycles. The Morgan fingerprint density at radius 3 is 2.50 bits per heavy atom. The Kier molecular flexibility index (Phi) is 2.39. The molecule has 0 spiro atoms. The van der Waals surface area contributed by atoms with Crippen molar-refractivity contribution < 1.29 is 9.90 Å². The average molecular weight is 191 g/mol. The Balaban J connectivity index is 1.97. The highest BCUT2D eigenvalue weighted by atomic mass is 16.4. The Morgan fingerprint density at radius 1 is 1.36 bits per heavy atom. The summed E-state index contributed by atoms with van der Waals surface area (Å²) in [4.78, 5) is 10.4. The first-order valence-corrected chi connectivity index (χ1v) is 4.81.